The average molecular weight is 460 g/mol. The van der Waals surface area contributed by atoms with Crippen LogP contribution in [0.5, 0.6) is 0 Å². The van der Waals surface area contributed by atoms with Gasteiger partial charge in [0, 0.05) is 18.7 Å². The minimum atomic E-state index is -1.26. The lowest BCUT2D eigenvalue weighted by molar-refractivity contribution is -0.143. The van der Waals surface area contributed by atoms with Gasteiger partial charge in [-0.05, 0) is 51.3 Å². The highest BCUT2D eigenvalue weighted by Gasteiger charge is 2.35. The third kappa shape index (κ3) is 9.15. The van der Waals surface area contributed by atoms with Crippen molar-refractivity contribution in [2.24, 2.45) is 0 Å². The Kier molecular flexibility index (Phi) is 11.4. The number of aliphatic hydroxyl groups excluding tert-OH is 1. The van der Waals surface area contributed by atoms with Crippen molar-refractivity contribution < 1.29 is 24.2 Å². The molecule has 0 radical (unpaired) electrons. The van der Waals surface area contributed by atoms with Gasteiger partial charge in [0.25, 0.3) is 0 Å². The normalized spacial score (nSPS) is 12.8. The third-order valence-corrected chi connectivity index (χ3v) is 4.70. The molecule has 1 rings (SSSR count). The van der Waals surface area contributed by atoms with Crippen LogP contribution in [-0.2, 0) is 14.3 Å². The highest BCUT2D eigenvalue weighted by Crippen LogP contribution is 2.23. The Bertz CT molecular complexity index is 824. The number of unbranched alkanes of at least 4 members (excludes halogenated alkanes) is 1. The summed E-state index contributed by atoms with van der Waals surface area (Å²) in [6, 6.07) is 4.63. The van der Waals surface area contributed by atoms with E-state index in [1.807, 2.05) is 13.8 Å². The molecule has 3 amide bonds. The Labute approximate surface area is 197 Å². The second-order valence-electron chi connectivity index (χ2n) is 8.73. The van der Waals surface area contributed by atoms with Crippen LogP contribution in [-0.4, -0.2) is 59.3 Å². The predicted molar refractivity (Wildman–Crippen MR) is 127 cm³/mol. The molecule has 0 heterocycles. The summed E-state index contributed by atoms with van der Waals surface area (Å²) in [5.74, 6) is 1.61. The van der Waals surface area contributed by atoms with Crippen molar-refractivity contribution in [3.63, 3.8) is 0 Å². The lowest BCUT2D eigenvalue weighted by Crippen LogP contribution is -2.54. The van der Waals surface area contributed by atoms with Crippen molar-refractivity contribution in [3.8, 4) is 12.3 Å². The van der Waals surface area contributed by atoms with Crippen LogP contribution in [0, 0.1) is 12.3 Å². The Morgan fingerprint density at radius 2 is 1.79 bits per heavy atom. The van der Waals surface area contributed by atoms with E-state index in [2.05, 4.69) is 16.6 Å². The number of hydrogen-bond donors (Lipinski definition) is 3. The number of alkyl carbamates (subject to hydrolysis) is 1. The van der Waals surface area contributed by atoms with Crippen LogP contribution < -0.4 is 10.6 Å². The van der Waals surface area contributed by atoms with Gasteiger partial charge in [0.1, 0.15) is 17.7 Å². The van der Waals surface area contributed by atoms with Crippen LogP contribution in [0.1, 0.15) is 71.0 Å². The molecule has 2 unspecified atom stereocenters. The molecule has 0 saturated carbocycles. The zero-order valence-electron chi connectivity index (χ0n) is 20.3. The van der Waals surface area contributed by atoms with Gasteiger partial charge in [-0.15, -0.1) is 6.42 Å². The van der Waals surface area contributed by atoms with Crippen LogP contribution in [0.2, 0.25) is 0 Å². The van der Waals surface area contributed by atoms with Crippen molar-refractivity contribution in [1.29, 1.82) is 0 Å². The fraction of sp³-hybridized carbons (Fsp3) is 0.560. The molecule has 0 aromatic heterocycles. The molecule has 0 aliphatic heterocycles. The molecule has 33 heavy (non-hydrogen) atoms. The van der Waals surface area contributed by atoms with Crippen molar-refractivity contribution >= 4 is 17.9 Å². The summed E-state index contributed by atoms with van der Waals surface area (Å²) in [5.41, 5.74) is 0.465. The largest absolute Gasteiger partial charge is 0.444 e. The van der Waals surface area contributed by atoms with E-state index >= 15 is 0 Å². The highest BCUT2D eigenvalue weighted by molar-refractivity contribution is 5.92. The number of amides is 3. The highest BCUT2D eigenvalue weighted by atomic mass is 16.6. The number of terminal acetylenes is 1. The fourth-order valence-corrected chi connectivity index (χ4v) is 3.16. The molecule has 2 atom stereocenters. The summed E-state index contributed by atoms with van der Waals surface area (Å²) in [5, 5.41) is 15.2. The standard InChI is InChI=1S/C25H37N3O5/c1-7-10-15-26-22(30)21(19-13-11-18(9-3)12-14-19)28(16-8-2)23(31)20(17-29)27-24(32)33-25(4,5)6/h3,11-14,20-21,29H,7-8,10,15-17H2,1-2,4-6H3,(H,26,30)(H,27,32). The van der Waals surface area contributed by atoms with Crippen LogP contribution in [0.4, 0.5) is 4.79 Å². The van der Waals surface area contributed by atoms with Gasteiger partial charge in [-0.3, -0.25) is 9.59 Å². The second kappa shape index (κ2) is 13.5. The SMILES string of the molecule is C#Cc1ccc(C(C(=O)NCCCC)N(CCC)C(=O)C(CO)NC(=O)OC(C)(C)C)cc1. The van der Waals surface area contributed by atoms with E-state index in [0.29, 0.717) is 24.1 Å². The van der Waals surface area contributed by atoms with Gasteiger partial charge in [0.2, 0.25) is 11.8 Å². The fourth-order valence-electron chi connectivity index (χ4n) is 3.16. The van der Waals surface area contributed by atoms with Crippen molar-refractivity contribution in [1.82, 2.24) is 15.5 Å². The lowest BCUT2D eigenvalue weighted by Gasteiger charge is -2.34. The summed E-state index contributed by atoms with van der Waals surface area (Å²) in [6.07, 6.45) is 6.90. The minimum absolute atomic E-state index is 0.244. The van der Waals surface area contributed by atoms with E-state index in [9.17, 15) is 19.5 Å². The molecule has 0 spiro atoms. The molecule has 1 aromatic rings. The molecule has 8 heteroatoms. The van der Waals surface area contributed by atoms with Crippen LogP contribution >= 0.6 is 0 Å². The summed E-state index contributed by atoms with van der Waals surface area (Å²) < 4.78 is 5.21. The quantitative estimate of drug-likeness (QED) is 0.348. The van der Waals surface area contributed by atoms with Gasteiger partial charge in [0.05, 0.1) is 6.61 Å². The van der Waals surface area contributed by atoms with E-state index in [4.69, 9.17) is 11.2 Å². The first-order valence-corrected chi connectivity index (χ1v) is 11.3. The number of carbonyl (C=O) groups is 3. The van der Waals surface area contributed by atoms with E-state index in [1.165, 1.54) is 4.90 Å². The molecular weight excluding hydrogens is 422 g/mol. The number of nitrogens with zero attached hydrogens (tertiary/aromatic N) is 1. The average Bonchev–Trinajstić information content (AvgIpc) is 2.76. The zero-order chi connectivity index (χ0) is 25.0. The Morgan fingerprint density at radius 3 is 2.27 bits per heavy atom. The first-order valence-electron chi connectivity index (χ1n) is 11.3. The number of carbonyl (C=O) groups excluding carboxylic acids is 3. The van der Waals surface area contributed by atoms with Gasteiger partial charge in [0.15, 0.2) is 0 Å². The van der Waals surface area contributed by atoms with Crippen molar-refractivity contribution in [2.75, 3.05) is 19.7 Å². The molecule has 0 bridgehead atoms. The number of benzene rings is 1. The van der Waals surface area contributed by atoms with Crippen LogP contribution in [0.15, 0.2) is 24.3 Å². The van der Waals surface area contributed by atoms with E-state index < -0.39 is 36.3 Å². The van der Waals surface area contributed by atoms with E-state index in [0.717, 1.165) is 12.8 Å². The maximum Gasteiger partial charge on any atom is 0.408 e. The van der Waals surface area contributed by atoms with Gasteiger partial charge < -0.3 is 25.4 Å². The van der Waals surface area contributed by atoms with E-state index in [1.54, 1.807) is 45.0 Å². The topological polar surface area (TPSA) is 108 Å². The Hall–Kier alpha value is -3.05. The summed E-state index contributed by atoms with van der Waals surface area (Å²) in [7, 11) is 0. The lowest BCUT2D eigenvalue weighted by atomic mass is 10.0. The smallest absolute Gasteiger partial charge is 0.408 e. The Balaban J connectivity index is 3.28. The molecule has 0 aliphatic rings. The maximum absolute atomic E-state index is 13.4. The minimum Gasteiger partial charge on any atom is -0.444 e. The van der Waals surface area contributed by atoms with Gasteiger partial charge in [-0.25, -0.2) is 4.79 Å². The number of nitrogens with one attached hydrogen (secondary N) is 2. The molecule has 0 fully saturated rings. The molecule has 0 aliphatic carbocycles. The monoisotopic (exact) mass is 459 g/mol. The summed E-state index contributed by atoms with van der Waals surface area (Å²) >= 11 is 0. The molecule has 0 saturated heterocycles. The van der Waals surface area contributed by atoms with Crippen molar-refractivity contribution in [2.45, 2.75) is 71.6 Å². The Morgan fingerprint density at radius 1 is 1.15 bits per heavy atom. The first-order chi connectivity index (χ1) is 15.6. The second-order valence-corrected chi connectivity index (χ2v) is 8.73. The first kappa shape index (κ1) is 28.0. The van der Waals surface area contributed by atoms with Gasteiger partial charge in [-0.1, -0.05) is 38.3 Å². The number of aliphatic hydroxyl groups is 1. The summed E-state index contributed by atoms with van der Waals surface area (Å²) in [6.45, 7) is 9.06. The van der Waals surface area contributed by atoms with Crippen molar-refractivity contribution in [3.05, 3.63) is 35.4 Å². The van der Waals surface area contributed by atoms with Crippen LogP contribution in [0.3, 0.4) is 0 Å². The molecule has 3 N–H and O–H groups in total. The summed E-state index contributed by atoms with van der Waals surface area (Å²) in [4.78, 5) is 40.2. The molecular formula is C25H37N3O5. The predicted octanol–water partition coefficient (Wildman–Crippen LogP) is 2.75. The van der Waals surface area contributed by atoms with E-state index in [-0.39, 0.29) is 12.5 Å². The molecule has 8 nitrogen and oxygen atoms in total. The number of rotatable bonds is 11. The zero-order valence-corrected chi connectivity index (χ0v) is 20.3. The third-order valence-electron chi connectivity index (χ3n) is 4.70. The van der Waals surface area contributed by atoms with Gasteiger partial charge in [-0.2, -0.15) is 0 Å². The number of hydrogen-bond acceptors (Lipinski definition) is 5. The maximum atomic E-state index is 13.4. The van der Waals surface area contributed by atoms with Crippen LogP contribution in [0.25, 0.3) is 0 Å². The van der Waals surface area contributed by atoms with Gasteiger partial charge >= 0.3 is 6.09 Å². The molecule has 1 aromatic carbocycles. The number of ether oxygens (including phenoxy) is 1. The molecule has 182 valence electrons.